The fourth-order valence-corrected chi connectivity index (χ4v) is 5.13. The largest absolute Gasteiger partial charge is 0.508 e. The Labute approximate surface area is 237 Å². The van der Waals surface area contributed by atoms with Gasteiger partial charge in [-0.2, -0.15) is 0 Å². The highest BCUT2D eigenvalue weighted by Gasteiger charge is 2.30. The highest BCUT2D eigenvalue weighted by atomic mass is 16.4. The van der Waals surface area contributed by atoms with E-state index in [2.05, 4.69) is 55.4 Å². The number of rotatable bonds is 18. The van der Waals surface area contributed by atoms with Crippen molar-refractivity contribution in [2.45, 2.75) is 152 Å². The molecule has 3 heteroatoms. The topological polar surface area (TPSA) is 57.5 Å². The Bertz CT molecular complexity index is 683. The van der Waals surface area contributed by atoms with Crippen LogP contribution < -0.4 is 0 Å². The molecule has 0 fully saturated rings. The third-order valence-electron chi connectivity index (χ3n) is 8.44. The summed E-state index contributed by atoms with van der Waals surface area (Å²) < 4.78 is 0. The summed E-state index contributed by atoms with van der Waals surface area (Å²) in [5.74, 6) is 1.51. The van der Waals surface area contributed by atoms with Crippen molar-refractivity contribution in [3.63, 3.8) is 0 Å². The average molecular weight is 533 g/mol. The fraction of sp³-hybridized carbons (Fsp3) is 0.800. The zero-order valence-corrected chi connectivity index (χ0v) is 26.5. The van der Waals surface area contributed by atoms with Gasteiger partial charge in [0.1, 0.15) is 5.75 Å². The molecule has 0 aliphatic heterocycles. The van der Waals surface area contributed by atoms with Crippen molar-refractivity contribution in [1.29, 1.82) is 0 Å². The van der Waals surface area contributed by atoms with Crippen LogP contribution >= 0.6 is 0 Å². The summed E-state index contributed by atoms with van der Waals surface area (Å²) in [5, 5.41) is 17.9. The quantitative estimate of drug-likeness (QED) is 0.185. The van der Waals surface area contributed by atoms with E-state index in [1.807, 2.05) is 6.07 Å². The maximum atomic E-state index is 11.2. The van der Waals surface area contributed by atoms with Gasteiger partial charge >= 0.3 is 5.97 Å². The number of aromatic hydroxyl groups is 1. The van der Waals surface area contributed by atoms with Crippen molar-refractivity contribution in [3.8, 4) is 5.75 Å². The van der Waals surface area contributed by atoms with E-state index in [-0.39, 0.29) is 5.41 Å². The molecule has 1 aromatic carbocycles. The van der Waals surface area contributed by atoms with Gasteiger partial charge in [0.25, 0.3) is 0 Å². The first-order valence-electron chi connectivity index (χ1n) is 15.7. The van der Waals surface area contributed by atoms with Gasteiger partial charge < -0.3 is 10.2 Å². The molecule has 0 aliphatic rings. The lowest BCUT2D eigenvalue weighted by atomic mass is 9.69. The summed E-state index contributed by atoms with van der Waals surface area (Å²) in [6.07, 6.45) is 18.7. The number of carboxylic acid groups (broad SMARTS) is 1. The predicted octanol–water partition coefficient (Wildman–Crippen LogP) is 11.3. The van der Waals surface area contributed by atoms with Crippen LogP contribution in [0.15, 0.2) is 30.3 Å². The Kier molecular flexibility index (Phi) is 19.6. The predicted molar refractivity (Wildman–Crippen MR) is 166 cm³/mol. The first-order valence-corrected chi connectivity index (χ1v) is 15.7. The Morgan fingerprint density at radius 3 is 1.63 bits per heavy atom. The van der Waals surface area contributed by atoms with E-state index < -0.39 is 5.97 Å². The van der Waals surface area contributed by atoms with Gasteiger partial charge in [-0.25, -0.2) is 0 Å². The molecule has 222 valence electrons. The lowest BCUT2D eigenvalue weighted by molar-refractivity contribution is -0.137. The molecule has 0 aromatic heterocycles. The third kappa shape index (κ3) is 20.5. The van der Waals surface area contributed by atoms with Gasteiger partial charge in [0.05, 0.1) is 0 Å². The van der Waals surface area contributed by atoms with Gasteiger partial charge in [-0.15, -0.1) is 0 Å². The number of benzene rings is 1. The van der Waals surface area contributed by atoms with Crippen LogP contribution in [0.25, 0.3) is 0 Å². The molecule has 0 bridgehead atoms. The number of carbonyl (C=O) groups is 1. The molecular weight excluding hydrogens is 468 g/mol. The molecule has 0 heterocycles. The molecule has 0 radical (unpaired) electrons. The minimum absolute atomic E-state index is 0.287. The maximum absolute atomic E-state index is 11.2. The third-order valence-corrected chi connectivity index (χ3v) is 8.44. The van der Waals surface area contributed by atoms with Crippen molar-refractivity contribution in [3.05, 3.63) is 30.3 Å². The first kappa shape index (κ1) is 36.5. The molecule has 0 aliphatic carbocycles. The number of phenols is 1. The highest BCUT2D eigenvalue weighted by molar-refractivity contribution is 5.66. The molecule has 3 atom stereocenters. The Morgan fingerprint density at radius 2 is 1.24 bits per heavy atom. The monoisotopic (exact) mass is 532 g/mol. The molecule has 0 saturated heterocycles. The molecule has 38 heavy (non-hydrogen) atoms. The molecular formula is C35H64O3. The number of phenolic OH excluding ortho intramolecular Hbond substituents is 1. The molecule has 1 aromatic rings. The standard InChI is InChI=1S/C29H58O2.C6H6O/c1-9-10-11-12-13-14-15-16-17-18-19-26(29(6,7)8)23-25(20-21-27(30)31)22-24(2)28(3,4)5;7-6-4-2-1-3-5-6/h24-26H,9-23H2,1-8H3,(H,30,31);1-5,7H. The second-order valence-corrected chi connectivity index (χ2v) is 13.9. The van der Waals surface area contributed by atoms with Crippen molar-refractivity contribution in [2.24, 2.45) is 28.6 Å². The zero-order chi connectivity index (χ0) is 29.0. The molecule has 1 rings (SSSR count). The minimum Gasteiger partial charge on any atom is -0.508 e. The smallest absolute Gasteiger partial charge is 0.303 e. The van der Waals surface area contributed by atoms with Gasteiger partial charge in [0, 0.05) is 6.42 Å². The number of carboxylic acids is 1. The van der Waals surface area contributed by atoms with Crippen molar-refractivity contribution in [2.75, 3.05) is 0 Å². The molecule has 0 amide bonds. The number of hydrogen-bond donors (Lipinski definition) is 2. The van der Waals surface area contributed by atoms with Crippen LogP contribution in [0.2, 0.25) is 0 Å². The number of hydrogen-bond acceptors (Lipinski definition) is 2. The van der Waals surface area contributed by atoms with Gasteiger partial charge in [0.15, 0.2) is 0 Å². The van der Waals surface area contributed by atoms with E-state index in [0.717, 1.165) is 12.8 Å². The SMILES string of the molecule is CCCCCCCCCCCCC(CC(CCC(=O)O)CC(C)C(C)(C)C)C(C)(C)C.Oc1ccccc1. The minimum atomic E-state index is -0.643. The van der Waals surface area contributed by atoms with Crippen LogP contribution in [0.4, 0.5) is 0 Å². The Hall–Kier alpha value is -1.51. The normalized spacial score (nSPS) is 14.3. The summed E-state index contributed by atoms with van der Waals surface area (Å²) >= 11 is 0. The maximum Gasteiger partial charge on any atom is 0.303 e. The van der Waals surface area contributed by atoms with Crippen LogP contribution in [0.1, 0.15) is 152 Å². The van der Waals surface area contributed by atoms with Gasteiger partial charge in [-0.3, -0.25) is 4.79 Å². The van der Waals surface area contributed by atoms with Gasteiger partial charge in [-0.05, 0) is 66.4 Å². The van der Waals surface area contributed by atoms with Gasteiger partial charge in [-0.1, -0.05) is 138 Å². The van der Waals surface area contributed by atoms with Crippen molar-refractivity contribution < 1.29 is 15.0 Å². The fourth-order valence-electron chi connectivity index (χ4n) is 5.13. The van der Waals surface area contributed by atoms with Crippen LogP contribution in [-0.4, -0.2) is 16.2 Å². The van der Waals surface area contributed by atoms with E-state index >= 15 is 0 Å². The average Bonchev–Trinajstić information content (AvgIpc) is 2.82. The molecule has 0 spiro atoms. The van der Waals surface area contributed by atoms with E-state index in [4.69, 9.17) is 5.11 Å². The summed E-state index contributed by atoms with van der Waals surface area (Å²) in [5.41, 5.74) is 0.584. The van der Waals surface area contributed by atoms with Crippen LogP contribution in [-0.2, 0) is 4.79 Å². The number of para-hydroxylation sites is 1. The Balaban J connectivity index is 0.00000167. The van der Waals surface area contributed by atoms with E-state index in [9.17, 15) is 9.90 Å². The lowest BCUT2D eigenvalue weighted by Gasteiger charge is -2.36. The molecule has 2 N–H and O–H groups in total. The highest BCUT2D eigenvalue weighted by Crippen LogP contribution is 2.40. The summed E-state index contributed by atoms with van der Waals surface area (Å²) in [6.45, 7) is 18.7. The second kappa shape index (κ2) is 20.4. The van der Waals surface area contributed by atoms with E-state index in [1.54, 1.807) is 24.3 Å². The van der Waals surface area contributed by atoms with Crippen LogP contribution in [0, 0.1) is 28.6 Å². The van der Waals surface area contributed by atoms with Gasteiger partial charge in [0.2, 0.25) is 0 Å². The second-order valence-electron chi connectivity index (χ2n) is 13.9. The zero-order valence-electron chi connectivity index (χ0n) is 26.5. The molecule has 0 saturated carbocycles. The van der Waals surface area contributed by atoms with E-state index in [0.29, 0.717) is 35.3 Å². The summed E-state index contributed by atoms with van der Waals surface area (Å²) in [7, 11) is 0. The van der Waals surface area contributed by atoms with Crippen molar-refractivity contribution >= 4 is 5.97 Å². The van der Waals surface area contributed by atoms with E-state index in [1.165, 1.54) is 77.0 Å². The van der Waals surface area contributed by atoms with Crippen molar-refractivity contribution in [1.82, 2.24) is 0 Å². The molecule has 3 unspecified atom stereocenters. The first-order chi connectivity index (χ1) is 17.8. The number of aliphatic carboxylic acids is 1. The summed E-state index contributed by atoms with van der Waals surface area (Å²) in [4.78, 5) is 11.2. The molecule has 3 nitrogen and oxygen atoms in total. The summed E-state index contributed by atoms with van der Waals surface area (Å²) in [6, 6.07) is 8.71. The lowest BCUT2D eigenvalue weighted by Crippen LogP contribution is -2.27. The van der Waals surface area contributed by atoms with Crippen LogP contribution in [0.3, 0.4) is 0 Å². The Morgan fingerprint density at radius 1 is 0.737 bits per heavy atom. The van der Waals surface area contributed by atoms with Crippen LogP contribution in [0.5, 0.6) is 5.75 Å². The number of unbranched alkanes of at least 4 members (excludes halogenated alkanes) is 9.